The minimum atomic E-state index is -0.114. The van der Waals surface area contributed by atoms with Crippen LogP contribution in [0.5, 0.6) is 5.75 Å². The van der Waals surface area contributed by atoms with Gasteiger partial charge in [-0.3, -0.25) is 4.79 Å². The highest BCUT2D eigenvalue weighted by Gasteiger charge is 2.29. The van der Waals surface area contributed by atoms with Crippen LogP contribution >= 0.6 is 0 Å². The number of carbonyl (C=O) groups excluding carboxylic acids is 1. The van der Waals surface area contributed by atoms with Crippen molar-refractivity contribution in [3.63, 3.8) is 0 Å². The summed E-state index contributed by atoms with van der Waals surface area (Å²) in [6.45, 7) is 4.09. The van der Waals surface area contributed by atoms with Crippen LogP contribution in [0.1, 0.15) is 12.5 Å². The van der Waals surface area contributed by atoms with Crippen molar-refractivity contribution in [1.29, 1.82) is 0 Å². The fourth-order valence-corrected chi connectivity index (χ4v) is 1.86. The standard InChI is InChI=1S/C14H19NO3/c1-10(12-7-15-8-12)14(16)18-9-11-3-5-13(17-2)6-4-11/h3-6,10,12,15H,7-9H2,1-2H3. The van der Waals surface area contributed by atoms with Crippen molar-refractivity contribution in [3.05, 3.63) is 29.8 Å². The lowest BCUT2D eigenvalue weighted by Gasteiger charge is -2.31. The summed E-state index contributed by atoms with van der Waals surface area (Å²) >= 11 is 0. The zero-order valence-electron chi connectivity index (χ0n) is 10.8. The summed E-state index contributed by atoms with van der Waals surface area (Å²) in [6, 6.07) is 7.54. The molecule has 98 valence electrons. The number of hydrogen-bond donors (Lipinski definition) is 1. The zero-order chi connectivity index (χ0) is 13.0. The minimum absolute atomic E-state index is 0.0236. The monoisotopic (exact) mass is 249 g/mol. The molecule has 0 saturated carbocycles. The van der Waals surface area contributed by atoms with E-state index >= 15 is 0 Å². The fraction of sp³-hybridized carbons (Fsp3) is 0.500. The van der Waals surface area contributed by atoms with Crippen LogP contribution in [0.25, 0.3) is 0 Å². The van der Waals surface area contributed by atoms with Crippen LogP contribution in [-0.2, 0) is 16.1 Å². The predicted octanol–water partition coefficient (Wildman–Crippen LogP) is 1.59. The molecule has 18 heavy (non-hydrogen) atoms. The molecule has 0 spiro atoms. The van der Waals surface area contributed by atoms with Crippen molar-refractivity contribution in [2.24, 2.45) is 11.8 Å². The zero-order valence-corrected chi connectivity index (χ0v) is 10.8. The highest BCUT2D eigenvalue weighted by molar-refractivity contribution is 5.72. The first-order valence-corrected chi connectivity index (χ1v) is 6.21. The topological polar surface area (TPSA) is 47.6 Å². The highest BCUT2D eigenvalue weighted by atomic mass is 16.5. The summed E-state index contributed by atoms with van der Waals surface area (Å²) in [4.78, 5) is 11.8. The van der Waals surface area contributed by atoms with E-state index in [2.05, 4.69) is 5.32 Å². The lowest BCUT2D eigenvalue weighted by atomic mass is 9.89. The Labute approximate surface area is 107 Å². The van der Waals surface area contributed by atoms with Gasteiger partial charge in [-0.05, 0) is 36.7 Å². The maximum absolute atomic E-state index is 11.8. The van der Waals surface area contributed by atoms with Crippen LogP contribution in [0.15, 0.2) is 24.3 Å². The second-order valence-corrected chi connectivity index (χ2v) is 4.66. The fourth-order valence-electron chi connectivity index (χ4n) is 1.86. The van der Waals surface area contributed by atoms with E-state index < -0.39 is 0 Å². The molecule has 1 saturated heterocycles. The number of esters is 1. The average Bonchev–Trinajstić information content (AvgIpc) is 2.34. The third kappa shape index (κ3) is 3.01. The van der Waals surface area contributed by atoms with E-state index in [0.29, 0.717) is 12.5 Å². The Kier molecular flexibility index (Phi) is 4.20. The Morgan fingerprint density at radius 3 is 2.56 bits per heavy atom. The van der Waals surface area contributed by atoms with Gasteiger partial charge in [0.1, 0.15) is 12.4 Å². The SMILES string of the molecule is COc1ccc(COC(=O)C(C)C2CNC2)cc1. The second kappa shape index (κ2) is 5.87. The first-order chi connectivity index (χ1) is 8.70. The number of carbonyl (C=O) groups is 1. The molecule has 0 aliphatic carbocycles. The van der Waals surface area contributed by atoms with Gasteiger partial charge in [-0.15, -0.1) is 0 Å². The van der Waals surface area contributed by atoms with Crippen LogP contribution in [0.4, 0.5) is 0 Å². The summed E-state index contributed by atoms with van der Waals surface area (Å²) < 4.78 is 10.4. The molecule has 4 nitrogen and oxygen atoms in total. The Morgan fingerprint density at radius 2 is 2.06 bits per heavy atom. The summed E-state index contributed by atoms with van der Waals surface area (Å²) in [6.07, 6.45) is 0. The molecule has 1 N–H and O–H groups in total. The molecule has 0 aromatic heterocycles. The molecule has 0 bridgehead atoms. The van der Waals surface area contributed by atoms with Gasteiger partial charge in [0, 0.05) is 0 Å². The predicted molar refractivity (Wildman–Crippen MR) is 68.3 cm³/mol. The van der Waals surface area contributed by atoms with Crippen LogP contribution in [0, 0.1) is 11.8 Å². The van der Waals surface area contributed by atoms with Crippen molar-refractivity contribution >= 4 is 5.97 Å². The van der Waals surface area contributed by atoms with Gasteiger partial charge in [0.05, 0.1) is 13.0 Å². The molecule has 2 rings (SSSR count). The smallest absolute Gasteiger partial charge is 0.309 e. The quantitative estimate of drug-likeness (QED) is 0.805. The van der Waals surface area contributed by atoms with Gasteiger partial charge in [0.15, 0.2) is 0 Å². The average molecular weight is 249 g/mol. The summed E-state index contributed by atoms with van der Waals surface area (Å²) in [5.74, 6) is 1.09. The van der Waals surface area contributed by atoms with E-state index in [9.17, 15) is 4.79 Å². The van der Waals surface area contributed by atoms with Gasteiger partial charge >= 0.3 is 5.97 Å². The van der Waals surface area contributed by atoms with Crippen molar-refractivity contribution in [1.82, 2.24) is 5.32 Å². The molecule has 1 heterocycles. The Balaban J connectivity index is 1.80. The van der Waals surface area contributed by atoms with Gasteiger partial charge in [-0.2, -0.15) is 0 Å². The maximum Gasteiger partial charge on any atom is 0.309 e. The number of methoxy groups -OCH3 is 1. The van der Waals surface area contributed by atoms with E-state index in [-0.39, 0.29) is 11.9 Å². The third-order valence-corrected chi connectivity index (χ3v) is 3.43. The molecule has 1 aromatic rings. The van der Waals surface area contributed by atoms with E-state index in [1.165, 1.54) is 0 Å². The molecule has 1 aromatic carbocycles. The molecule has 1 aliphatic rings. The number of ether oxygens (including phenoxy) is 2. The number of nitrogens with one attached hydrogen (secondary N) is 1. The Hall–Kier alpha value is -1.55. The summed E-state index contributed by atoms with van der Waals surface area (Å²) in [5.41, 5.74) is 0.975. The van der Waals surface area contributed by atoms with E-state index in [0.717, 1.165) is 24.4 Å². The first-order valence-electron chi connectivity index (χ1n) is 6.21. The van der Waals surface area contributed by atoms with Gasteiger partial charge in [-0.25, -0.2) is 0 Å². The van der Waals surface area contributed by atoms with Crippen molar-refractivity contribution < 1.29 is 14.3 Å². The number of benzene rings is 1. The largest absolute Gasteiger partial charge is 0.497 e. The van der Waals surface area contributed by atoms with Crippen molar-refractivity contribution in [2.75, 3.05) is 20.2 Å². The van der Waals surface area contributed by atoms with Gasteiger partial charge in [-0.1, -0.05) is 19.1 Å². The van der Waals surface area contributed by atoms with Crippen LogP contribution in [0.2, 0.25) is 0 Å². The van der Waals surface area contributed by atoms with Crippen LogP contribution in [0.3, 0.4) is 0 Å². The Morgan fingerprint density at radius 1 is 1.39 bits per heavy atom. The highest BCUT2D eigenvalue weighted by Crippen LogP contribution is 2.18. The molecule has 0 radical (unpaired) electrons. The second-order valence-electron chi connectivity index (χ2n) is 4.66. The van der Waals surface area contributed by atoms with Crippen molar-refractivity contribution in [3.8, 4) is 5.75 Å². The molecule has 0 amide bonds. The first kappa shape index (κ1) is 12.9. The van der Waals surface area contributed by atoms with E-state index in [1.807, 2.05) is 31.2 Å². The normalized spacial score (nSPS) is 16.8. The van der Waals surface area contributed by atoms with Crippen LogP contribution < -0.4 is 10.1 Å². The lowest BCUT2D eigenvalue weighted by molar-refractivity contribution is -0.151. The minimum Gasteiger partial charge on any atom is -0.497 e. The van der Waals surface area contributed by atoms with Gasteiger partial charge < -0.3 is 14.8 Å². The number of rotatable bonds is 5. The molecule has 1 aliphatic heterocycles. The molecule has 1 fully saturated rings. The summed E-state index contributed by atoms with van der Waals surface area (Å²) in [7, 11) is 1.63. The van der Waals surface area contributed by atoms with Crippen LogP contribution in [-0.4, -0.2) is 26.2 Å². The van der Waals surface area contributed by atoms with E-state index in [4.69, 9.17) is 9.47 Å². The maximum atomic E-state index is 11.8. The molecule has 1 unspecified atom stereocenters. The molecular formula is C14H19NO3. The van der Waals surface area contributed by atoms with Gasteiger partial charge in [0.2, 0.25) is 0 Å². The van der Waals surface area contributed by atoms with Crippen molar-refractivity contribution in [2.45, 2.75) is 13.5 Å². The third-order valence-electron chi connectivity index (χ3n) is 3.43. The van der Waals surface area contributed by atoms with E-state index in [1.54, 1.807) is 7.11 Å². The molecule has 1 atom stereocenters. The lowest BCUT2D eigenvalue weighted by Crippen LogP contribution is -2.47. The summed E-state index contributed by atoms with van der Waals surface area (Å²) in [5, 5.41) is 3.16. The Bertz CT molecular complexity index is 398. The molecule has 4 heteroatoms. The van der Waals surface area contributed by atoms with Gasteiger partial charge in [0.25, 0.3) is 0 Å². The number of hydrogen-bond acceptors (Lipinski definition) is 4. The molecular weight excluding hydrogens is 230 g/mol.